The zero-order chi connectivity index (χ0) is 41.4. The highest BCUT2D eigenvalue weighted by atomic mass is 15.0. The quantitative estimate of drug-likeness (QED) is 0.158. The number of fused-ring (bicyclic) bond motifs is 10. The van der Waals surface area contributed by atoms with E-state index in [0.29, 0.717) is 0 Å². The van der Waals surface area contributed by atoms with Gasteiger partial charge >= 0.3 is 0 Å². The molecule has 2 unspecified atom stereocenters. The third-order valence-electron chi connectivity index (χ3n) is 13.8. The maximum Gasteiger partial charge on any atom is 0.0541 e. The van der Waals surface area contributed by atoms with Crippen molar-refractivity contribution in [3.63, 3.8) is 0 Å². The van der Waals surface area contributed by atoms with E-state index in [0.717, 1.165) is 5.69 Å². The summed E-state index contributed by atoms with van der Waals surface area (Å²) in [6.07, 6.45) is 0. The second-order valence-corrected chi connectivity index (χ2v) is 17.1. The van der Waals surface area contributed by atoms with Crippen LogP contribution in [0.3, 0.4) is 0 Å². The van der Waals surface area contributed by atoms with Crippen molar-refractivity contribution in [2.24, 2.45) is 0 Å². The average molecular weight is 800 g/mol. The normalized spacial score (nSPS) is 14.7. The summed E-state index contributed by atoms with van der Waals surface area (Å²) in [5, 5.41) is 2.52. The van der Waals surface area contributed by atoms with Gasteiger partial charge in [0.1, 0.15) is 0 Å². The van der Waals surface area contributed by atoms with Gasteiger partial charge in [0.15, 0.2) is 0 Å². The van der Waals surface area contributed by atoms with Crippen LogP contribution >= 0.6 is 0 Å². The van der Waals surface area contributed by atoms with Crippen molar-refractivity contribution in [3.05, 3.63) is 270 Å². The van der Waals surface area contributed by atoms with Crippen LogP contribution in [0.4, 0.5) is 0 Å². The Morgan fingerprint density at radius 2 is 0.841 bits per heavy atom. The van der Waals surface area contributed by atoms with Gasteiger partial charge in [0.05, 0.1) is 11.0 Å². The number of hydrogen-bond donors (Lipinski definition) is 0. The van der Waals surface area contributed by atoms with E-state index in [-0.39, 0.29) is 11.8 Å². The number of aromatic nitrogens is 1. The molecular formula is C62H41N. The number of hydrogen-bond acceptors (Lipinski definition) is 0. The first-order valence-corrected chi connectivity index (χ1v) is 22.1. The van der Waals surface area contributed by atoms with Gasteiger partial charge in [-0.15, -0.1) is 0 Å². The molecule has 0 fully saturated rings. The summed E-state index contributed by atoms with van der Waals surface area (Å²) in [7, 11) is 0. The molecule has 0 aliphatic heterocycles. The molecule has 11 aromatic rings. The highest BCUT2D eigenvalue weighted by Gasteiger charge is 2.39. The largest absolute Gasteiger partial charge is 0.309 e. The van der Waals surface area contributed by atoms with E-state index in [1.807, 2.05) is 0 Å². The lowest BCUT2D eigenvalue weighted by Gasteiger charge is -2.20. The topological polar surface area (TPSA) is 4.93 Å². The van der Waals surface area contributed by atoms with Gasteiger partial charge in [-0.3, -0.25) is 0 Å². The molecule has 1 heterocycles. The molecule has 2 aliphatic carbocycles. The minimum Gasteiger partial charge on any atom is -0.309 e. The molecule has 10 aromatic carbocycles. The van der Waals surface area contributed by atoms with Crippen LogP contribution < -0.4 is 0 Å². The lowest BCUT2D eigenvalue weighted by atomic mass is 9.83. The Morgan fingerprint density at radius 1 is 0.286 bits per heavy atom. The Balaban J connectivity index is 0.980. The molecule has 2 atom stereocenters. The zero-order valence-electron chi connectivity index (χ0n) is 34.6. The molecule has 294 valence electrons. The van der Waals surface area contributed by atoms with Gasteiger partial charge in [0.2, 0.25) is 0 Å². The van der Waals surface area contributed by atoms with E-state index in [1.54, 1.807) is 0 Å². The minimum atomic E-state index is 0.0824. The Labute approximate surface area is 367 Å². The fourth-order valence-corrected chi connectivity index (χ4v) is 11.0. The van der Waals surface area contributed by atoms with E-state index in [9.17, 15) is 0 Å². The highest BCUT2D eigenvalue weighted by Crippen LogP contribution is 2.59. The zero-order valence-corrected chi connectivity index (χ0v) is 34.6. The van der Waals surface area contributed by atoms with Gasteiger partial charge < -0.3 is 4.57 Å². The molecule has 0 radical (unpaired) electrons. The van der Waals surface area contributed by atoms with Gasteiger partial charge in [0.25, 0.3) is 0 Å². The van der Waals surface area contributed by atoms with Crippen molar-refractivity contribution in [1.29, 1.82) is 0 Å². The van der Waals surface area contributed by atoms with E-state index in [1.165, 1.54) is 111 Å². The number of para-hydroxylation sites is 1. The number of nitrogens with zero attached hydrogens (tertiary/aromatic N) is 1. The van der Waals surface area contributed by atoms with Gasteiger partial charge in [-0.1, -0.05) is 200 Å². The molecule has 63 heavy (non-hydrogen) atoms. The molecule has 0 amide bonds. The van der Waals surface area contributed by atoms with E-state index < -0.39 is 0 Å². The fourth-order valence-electron chi connectivity index (χ4n) is 11.0. The van der Waals surface area contributed by atoms with Crippen LogP contribution in [-0.2, 0) is 0 Å². The van der Waals surface area contributed by atoms with Crippen molar-refractivity contribution in [1.82, 2.24) is 4.57 Å². The van der Waals surface area contributed by atoms with Crippen LogP contribution in [0.25, 0.3) is 83.1 Å². The monoisotopic (exact) mass is 799 g/mol. The standard InChI is InChI=1S/C62H41N/c1-4-15-40(16-5-1)42-27-31-48(32-28-42)63-57-26-13-12-23-49(57)56-39-46(30-36-58(56)63)45-29-33-52-55(38-45)53-34-35-54-59(43-19-8-3-9-20-43)50-24-10-11-25-51(50)61(54)62(53)60(52)47-22-14-21-44(37-47)41-17-6-2-7-18-41/h1-39,59-60H. The lowest BCUT2D eigenvalue weighted by molar-refractivity contribution is 0.995. The predicted molar refractivity (Wildman–Crippen MR) is 263 cm³/mol. The molecule has 0 saturated heterocycles. The third-order valence-corrected chi connectivity index (χ3v) is 13.8. The fraction of sp³-hybridized carbons (Fsp3) is 0.0323. The maximum absolute atomic E-state index is 2.47. The van der Waals surface area contributed by atoms with Crippen LogP contribution in [0.15, 0.2) is 237 Å². The third kappa shape index (κ3) is 5.63. The summed E-state index contributed by atoms with van der Waals surface area (Å²) in [4.78, 5) is 0. The number of benzene rings is 10. The Bertz CT molecular complexity index is 3540. The van der Waals surface area contributed by atoms with Crippen molar-refractivity contribution < 1.29 is 0 Å². The molecule has 1 nitrogen and oxygen atoms in total. The van der Waals surface area contributed by atoms with Crippen molar-refractivity contribution in [2.45, 2.75) is 11.8 Å². The minimum absolute atomic E-state index is 0.0824. The first-order chi connectivity index (χ1) is 31.3. The number of rotatable bonds is 6. The first kappa shape index (κ1) is 35.7. The van der Waals surface area contributed by atoms with E-state index in [4.69, 9.17) is 0 Å². The van der Waals surface area contributed by atoms with Crippen LogP contribution in [0.2, 0.25) is 0 Å². The van der Waals surface area contributed by atoms with E-state index in [2.05, 4.69) is 241 Å². The molecule has 13 rings (SSSR count). The lowest BCUT2D eigenvalue weighted by Crippen LogP contribution is -2.03. The molecule has 1 heteroatoms. The van der Waals surface area contributed by atoms with Crippen LogP contribution in [-0.4, -0.2) is 4.57 Å². The van der Waals surface area contributed by atoms with Gasteiger partial charge in [-0.05, 0) is 125 Å². The predicted octanol–water partition coefficient (Wildman–Crippen LogP) is 16.1. The summed E-state index contributed by atoms with van der Waals surface area (Å²) < 4.78 is 2.41. The molecular weight excluding hydrogens is 759 g/mol. The van der Waals surface area contributed by atoms with Gasteiger partial charge in [-0.25, -0.2) is 0 Å². The van der Waals surface area contributed by atoms with Crippen molar-refractivity contribution in [2.75, 3.05) is 0 Å². The molecule has 0 spiro atoms. The SMILES string of the molecule is c1ccc(-c2ccc(-n3c4ccccc4c4cc(-c5ccc6c(c5)-c5ccc7c(c5C6c5cccc(-c6ccccc6)c5)-c5ccccc5C7c5ccccc5)ccc43)cc2)cc1. The molecule has 0 saturated carbocycles. The smallest absolute Gasteiger partial charge is 0.0541 e. The summed E-state index contributed by atoms with van der Waals surface area (Å²) >= 11 is 0. The Morgan fingerprint density at radius 3 is 1.65 bits per heavy atom. The summed E-state index contributed by atoms with van der Waals surface area (Å²) in [5.74, 6) is 0.271. The Kier molecular flexibility index (Phi) is 8.11. The summed E-state index contributed by atoms with van der Waals surface area (Å²) in [5.41, 5.74) is 24.6. The second-order valence-electron chi connectivity index (χ2n) is 17.1. The molecule has 2 aliphatic rings. The first-order valence-electron chi connectivity index (χ1n) is 22.1. The average Bonchev–Trinajstić information content (AvgIpc) is 4.00. The maximum atomic E-state index is 2.47. The van der Waals surface area contributed by atoms with Crippen LogP contribution in [0.5, 0.6) is 0 Å². The highest BCUT2D eigenvalue weighted by molar-refractivity contribution is 6.10. The second kappa shape index (κ2) is 14.3. The summed E-state index contributed by atoms with van der Waals surface area (Å²) in [6, 6.07) is 87.9. The Hall–Kier alpha value is -8.00. The molecule has 0 bridgehead atoms. The van der Waals surface area contributed by atoms with Crippen molar-refractivity contribution in [3.8, 4) is 61.3 Å². The van der Waals surface area contributed by atoms with Crippen LogP contribution in [0.1, 0.15) is 45.2 Å². The molecule has 0 N–H and O–H groups in total. The molecule has 1 aromatic heterocycles. The van der Waals surface area contributed by atoms with E-state index >= 15 is 0 Å². The summed E-state index contributed by atoms with van der Waals surface area (Å²) in [6.45, 7) is 0. The van der Waals surface area contributed by atoms with Crippen LogP contribution in [0, 0.1) is 0 Å². The van der Waals surface area contributed by atoms with Gasteiger partial charge in [0, 0.05) is 28.3 Å². The van der Waals surface area contributed by atoms with Crippen molar-refractivity contribution >= 4 is 21.8 Å². The van der Waals surface area contributed by atoms with Gasteiger partial charge in [-0.2, -0.15) is 0 Å².